The van der Waals surface area contributed by atoms with Crippen LogP contribution in [0.1, 0.15) is 47.4 Å². The van der Waals surface area contributed by atoms with E-state index in [0.29, 0.717) is 17.7 Å². The molecule has 0 saturated carbocycles. The molecule has 3 rings (SSSR count). The maximum atomic E-state index is 12.8. The van der Waals surface area contributed by atoms with E-state index in [1.165, 1.54) is 5.56 Å². The van der Waals surface area contributed by atoms with Gasteiger partial charge in [-0.1, -0.05) is 45.0 Å². The Bertz CT molecular complexity index is 1030. The van der Waals surface area contributed by atoms with E-state index >= 15 is 0 Å². The second kappa shape index (κ2) is 7.68. The summed E-state index contributed by atoms with van der Waals surface area (Å²) in [7, 11) is 0. The summed E-state index contributed by atoms with van der Waals surface area (Å²) in [5, 5.41) is 5.55. The first-order valence-electron chi connectivity index (χ1n) is 9.09. The number of hydrogen-bond acceptors (Lipinski definition) is 3. The van der Waals surface area contributed by atoms with Crippen molar-refractivity contribution in [3.63, 3.8) is 0 Å². The summed E-state index contributed by atoms with van der Waals surface area (Å²) < 4.78 is 1.61. The number of aromatic nitrogens is 2. The molecule has 2 N–H and O–H groups in total. The summed E-state index contributed by atoms with van der Waals surface area (Å²) in [6.45, 7) is 10.3. The molecule has 0 aliphatic rings. The SMILES string of the molecule is C=CCNC(=O)c1nc(C(=O)Nc2ccc(C(C)(C)C)cc2)n2ccccc12. The molecular formula is C22H24N4O2. The van der Waals surface area contributed by atoms with Gasteiger partial charge >= 0.3 is 0 Å². The Balaban J connectivity index is 1.89. The van der Waals surface area contributed by atoms with Gasteiger partial charge in [0.1, 0.15) is 0 Å². The number of rotatable bonds is 5. The fraction of sp³-hybridized carbons (Fsp3) is 0.227. The highest BCUT2D eigenvalue weighted by Crippen LogP contribution is 2.24. The molecule has 0 saturated heterocycles. The smallest absolute Gasteiger partial charge is 0.292 e. The Morgan fingerprint density at radius 1 is 1.11 bits per heavy atom. The maximum Gasteiger partial charge on any atom is 0.292 e. The lowest BCUT2D eigenvalue weighted by atomic mass is 9.87. The average Bonchev–Trinajstić information content (AvgIpc) is 3.06. The largest absolute Gasteiger partial charge is 0.347 e. The van der Waals surface area contributed by atoms with Gasteiger partial charge in [-0.15, -0.1) is 6.58 Å². The molecule has 1 aromatic carbocycles. The molecule has 0 aliphatic heterocycles. The van der Waals surface area contributed by atoms with Gasteiger partial charge in [0.15, 0.2) is 5.69 Å². The van der Waals surface area contributed by atoms with Crippen LogP contribution in [0.25, 0.3) is 5.52 Å². The number of amides is 2. The van der Waals surface area contributed by atoms with Crippen molar-refractivity contribution in [1.29, 1.82) is 0 Å². The molecule has 3 aromatic rings. The normalized spacial score (nSPS) is 11.2. The molecule has 28 heavy (non-hydrogen) atoms. The number of anilines is 1. The third-order valence-electron chi connectivity index (χ3n) is 4.38. The number of hydrogen-bond donors (Lipinski definition) is 2. The zero-order valence-corrected chi connectivity index (χ0v) is 16.3. The van der Waals surface area contributed by atoms with Crippen LogP contribution in [0.15, 0.2) is 61.3 Å². The highest BCUT2D eigenvalue weighted by molar-refractivity contribution is 6.06. The van der Waals surface area contributed by atoms with Crippen molar-refractivity contribution in [3.8, 4) is 0 Å². The Kier molecular flexibility index (Phi) is 5.31. The van der Waals surface area contributed by atoms with Crippen LogP contribution in [-0.2, 0) is 5.41 Å². The second-order valence-corrected chi connectivity index (χ2v) is 7.52. The molecule has 6 nitrogen and oxygen atoms in total. The molecule has 0 fully saturated rings. The van der Waals surface area contributed by atoms with Crippen molar-refractivity contribution >= 4 is 23.0 Å². The second-order valence-electron chi connectivity index (χ2n) is 7.52. The molecule has 2 heterocycles. The van der Waals surface area contributed by atoms with Crippen molar-refractivity contribution in [2.75, 3.05) is 11.9 Å². The van der Waals surface area contributed by atoms with Crippen LogP contribution in [0, 0.1) is 0 Å². The molecule has 0 spiro atoms. The highest BCUT2D eigenvalue weighted by atomic mass is 16.2. The minimum Gasteiger partial charge on any atom is -0.347 e. The minimum atomic E-state index is -0.382. The lowest BCUT2D eigenvalue weighted by Gasteiger charge is -2.19. The quantitative estimate of drug-likeness (QED) is 0.665. The van der Waals surface area contributed by atoms with Gasteiger partial charge in [-0.25, -0.2) is 4.98 Å². The number of nitrogens with zero attached hydrogens (tertiary/aromatic N) is 2. The van der Waals surface area contributed by atoms with Gasteiger partial charge in [0.2, 0.25) is 5.82 Å². The Morgan fingerprint density at radius 2 is 1.82 bits per heavy atom. The van der Waals surface area contributed by atoms with Crippen molar-refractivity contribution in [2.45, 2.75) is 26.2 Å². The molecule has 6 heteroatoms. The third-order valence-corrected chi connectivity index (χ3v) is 4.38. The summed E-state index contributed by atoms with van der Waals surface area (Å²) in [5.41, 5.74) is 2.66. The molecule has 0 atom stereocenters. The van der Waals surface area contributed by atoms with Crippen LogP contribution >= 0.6 is 0 Å². The summed E-state index contributed by atoms with van der Waals surface area (Å²) in [6, 6.07) is 13.1. The van der Waals surface area contributed by atoms with Crippen molar-refractivity contribution < 1.29 is 9.59 Å². The van der Waals surface area contributed by atoms with E-state index in [2.05, 4.69) is 43.0 Å². The van der Waals surface area contributed by atoms with E-state index in [1.807, 2.05) is 24.3 Å². The zero-order chi connectivity index (χ0) is 20.3. The van der Waals surface area contributed by atoms with Gasteiger partial charge in [0, 0.05) is 18.4 Å². The number of imidazole rings is 1. The Hall–Kier alpha value is -3.41. The first-order valence-corrected chi connectivity index (χ1v) is 9.09. The molecule has 2 amide bonds. The Labute approximate surface area is 164 Å². The summed E-state index contributed by atoms with van der Waals surface area (Å²) >= 11 is 0. The fourth-order valence-electron chi connectivity index (χ4n) is 2.85. The molecule has 2 aromatic heterocycles. The zero-order valence-electron chi connectivity index (χ0n) is 16.3. The van der Waals surface area contributed by atoms with Gasteiger partial charge < -0.3 is 10.6 Å². The lowest BCUT2D eigenvalue weighted by Crippen LogP contribution is -2.24. The van der Waals surface area contributed by atoms with Crippen LogP contribution in [0.2, 0.25) is 0 Å². The van der Waals surface area contributed by atoms with E-state index in [-0.39, 0.29) is 28.7 Å². The van der Waals surface area contributed by atoms with Crippen molar-refractivity contribution in [2.24, 2.45) is 0 Å². The monoisotopic (exact) mass is 376 g/mol. The number of carbonyl (C=O) groups excluding carboxylic acids is 2. The topological polar surface area (TPSA) is 75.5 Å². The molecular weight excluding hydrogens is 352 g/mol. The Morgan fingerprint density at radius 3 is 2.46 bits per heavy atom. The van der Waals surface area contributed by atoms with E-state index in [9.17, 15) is 9.59 Å². The third kappa shape index (κ3) is 3.96. The maximum absolute atomic E-state index is 12.8. The average molecular weight is 376 g/mol. The van der Waals surface area contributed by atoms with E-state index in [1.54, 1.807) is 34.9 Å². The number of nitrogens with one attached hydrogen (secondary N) is 2. The van der Waals surface area contributed by atoms with Crippen LogP contribution in [-0.4, -0.2) is 27.7 Å². The summed E-state index contributed by atoms with van der Waals surface area (Å²) in [4.78, 5) is 29.5. The number of pyridine rings is 1. The van der Waals surface area contributed by atoms with Crippen molar-refractivity contribution in [1.82, 2.24) is 14.7 Å². The molecule has 0 aliphatic carbocycles. The number of fused-ring (bicyclic) bond motifs is 1. The predicted molar refractivity (Wildman–Crippen MR) is 111 cm³/mol. The van der Waals surface area contributed by atoms with Gasteiger partial charge in [-0.05, 0) is 35.2 Å². The van der Waals surface area contributed by atoms with Crippen LogP contribution in [0.5, 0.6) is 0 Å². The van der Waals surface area contributed by atoms with Crippen molar-refractivity contribution in [3.05, 3.63) is 78.4 Å². The number of benzene rings is 1. The highest BCUT2D eigenvalue weighted by Gasteiger charge is 2.21. The fourth-order valence-corrected chi connectivity index (χ4v) is 2.85. The van der Waals surface area contributed by atoms with Crippen LogP contribution in [0.3, 0.4) is 0 Å². The molecule has 0 radical (unpaired) electrons. The van der Waals surface area contributed by atoms with E-state index in [0.717, 1.165) is 0 Å². The minimum absolute atomic E-state index is 0.0372. The predicted octanol–water partition coefficient (Wildman–Crippen LogP) is 3.80. The summed E-state index contributed by atoms with van der Waals surface area (Å²) in [6.07, 6.45) is 3.30. The molecule has 0 unspecified atom stereocenters. The van der Waals surface area contributed by atoms with E-state index < -0.39 is 0 Å². The first-order chi connectivity index (χ1) is 13.3. The lowest BCUT2D eigenvalue weighted by molar-refractivity contribution is 0.0955. The standard InChI is InChI=1S/C22H24N4O2/c1-5-13-23-20(27)18-17-8-6-7-14-26(17)19(25-18)21(28)24-16-11-9-15(10-12-16)22(2,3)4/h5-12,14H,1,13H2,2-4H3,(H,23,27)(H,24,28). The van der Waals surface area contributed by atoms with E-state index in [4.69, 9.17) is 0 Å². The number of carbonyl (C=O) groups is 2. The van der Waals surface area contributed by atoms with Gasteiger partial charge in [-0.2, -0.15) is 0 Å². The van der Waals surface area contributed by atoms with Crippen LogP contribution < -0.4 is 10.6 Å². The van der Waals surface area contributed by atoms with Crippen LogP contribution in [0.4, 0.5) is 5.69 Å². The van der Waals surface area contributed by atoms with Gasteiger partial charge in [0.05, 0.1) is 5.52 Å². The molecule has 144 valence electrons. The first kappa shape index (κ1) is 19.4. The van der Waals surface area contributed by atoms with Gasteiger partial charge in [-0.3, -0.25) is 14.0 Å². The summed E-state index contributed by atoms with van der Waals surface area (Å²) in [5.74, 6) is -0.580. The van der Waals surface area contributed by atoms with Gasteiger partial charge in [0.25, 0.3) is 11.8 Å². The molecule has 0 bridgehead atoms.